The van der Waals surface area contributed by atoms with Crippen molar-refractivity contribution in [3.63, 3.8) is 0 Å². The summed E-state index contributed by atoms with van der Waals surface area (Å²) in [6, 6.07) is 10.2. The summed E-state index contributed by atoms with van der Waals surface area (Å²) in [6.45, 7) is 2.04. The minimum atomic E-state index is -0.382. The van der Waals surface area contributed by atoms with Crippen LogP contribution in [-0.4, -0.2) is 21.4 Å². The van der Waals surface area contributed by atoms with Crippen LogP contribution in [0.15, 0.2) is 34.9 Å². The van der Waals surface area contributed by atoms with Crippen LogP contribution in [0.2, 0.25) is 0 Å². The molecule has 1 N–H and O–H groups in total. The Kier molecular flexibility index (Phi) is 5.10. The molecule has 1 atom stereocenters. The molecule has 1 heterocycles. The average Bonchev–Trinajstić information content (AvgIpc) is 2.85. The number of rotatable bonds is 7. The fourth-order valence-corrected chi connectivity index (χ4v) is 2.01. The molecule has 19 heavy (non-hydrogen) atoms. The molecule has 0 spiro atoms. The van der Waals surface area contributed by atoms with E-state index in [0.717, 1.165) is 25.7 Å². The van der Waals surface area contributed by atoms with E-state index in [1.165, 1.54) is 5.56 Å². The molecule has 0 aliphatic rings. The van der Waals surface area contributed by atoms with Crippen molar-refractivity contribution in [2.45, 2.75) is 45.1 Å². The molecule has 4 nitrogen and oxygen atoms in total. The number of aliphatic hydroxyl groups excluding tert-OH is 1. The predicted molar refractivity (Wildman–Crippen MR) is 72.8 cm³/mol. The molecule has 0 saturated carbocycles. The maximum atomic E-state index is 9.69. The molecule has 0 aliphatic carbocycles. The van der Waals surface area contributed by atoms with Crippen molar-refractivity contribution in [2.24, 2.45) is 0 Å². The Hall–Kier alpha value is -1.68. The van der Waals surface area contributed by atoms with Crippen LogP contribution >= 0.6 is 0 Å². The largest absolute Gasteiger partial charge is 0.393 e. The van der Waals surface area contributed by atoms with E-state index in [1.54, 1.807) is 0 Å². The third kappa shape index (κ3) is 4.48. The van der Waals surface area contributed by atoms with Gasteiger partial charge in [0.25, 0.3) is 0 Å². The summed E-state index contributed by atoms with van der Waals surface area (Å²) in [5.74, 6) is 1.24. The van der Waals surface area contributed by atoms with Crippen LogP contribution in [0.1, 0.15) is 37.0 Å². The zero-order valence-electron chi connectivity index (χ0n) is 11.2. The van der Waals surface area contributed by atoms with Gasteiger partial charge in [-0.1, -0.05) is 48.8 Å². The van der Waals surface area contributed by atoms with Crippen LogP contribution in [0.3, 0.4) is 0 Å². The molecule has 0 bridgehead atoms. The summed E-state index contributed by atoms with van der Waals surface area (Å²) < 4.78 is 5.15. The number of hydrogen-bond donors (Lipinski definition) is 1. The molecule has 0 fully saturated rings. The van der Waals surface area contributed by atoms with Crippen molar-refractivity contribution in [3.05, 3.63) is 47.6 Å². The smallest absolute Gasteiger partial charge is 0.229 e. The first-order valence-corrected chi connectivity index (χ1v) is 6.81. The molecule has 0 amide bonds. The number of benzene rings is 1. The van der Waals surface area contributed by atoms with Crippen LogP contribution in [-0.2, 0) is 19.3 Å². The number of aryl methyl sites for hydroxylation is 2. The first kappa shape index (κ1) is 13.7. The molecular weight excluding hydrogens is 240 g/mol. The van der Waals surface area contributed by atoms with Gasteiger partial charge in [-0.05, 0) is 18.4 Å². The number of nitrogens with zero attached hydrogens (tertiary/aromatic N) is 2. The minimum absolute atomic E-state index is 0.382. The van der Waals surface area contributed by atoms with Crippen molar-refractivity contribution in [2.75, 3.05) is 0 Å². The summed E-state index contributed by atoms with van der Waals surface area (Å²) >= 11 is 0. The van der Waals surface area contributed by atoms with E-state index in [0.29, 0.717) is 18.1 Å². The second-order valence-corrected chi connectivity index (χ2v) is 4.74. The SMILES string of the molecule is CCCC(O)Cc1nc(CCc2ccccc2)no1. The van der Waals surface area contributed by atoms with Gasteiger partial charge in [0.2, 0.25) is 5.89 Å². The van der Waals surface area contributed by atoms with Crippen molar-refractivity contribution >= 4 is 0 Å². The monoisotopic (exact) mass is 260 g/mol. The third-order valence-electron chi connectivity index (χ3n) is 3.02. The van der Waals surface area contributed by atoms with Gasteiger partial charge in [-0.25, -0.2) is 0 Å². The number of aliphatic hydroxyl groups is 1. The van der Waals surface area contributed by atoms with Crippen molar-refractivity contribution in [1.82, 2.24) is 10.1 Å². The van der Waals surface area contributed by atoms with E-state index >= 15 is 0 Å². The average molecular weight is 260 g/mol. The molecule has 0 aliphatic heterocycles. The van der Waals surface area contributed by atoms with Gasteiger partial charge in [0.15, 0.2) is 5.82 Å². The molecule has 1 aromatic carbocycles. The van der Waals surface area contributed by atoms with Crippen molar-refractivity contribution in [1.29, 1.82) is 0 Å². The summed E-state index contributed by atoms with van der Waals surface area (Å²) in [5, 5.41) is 13.6. The molecular formula is C15H20N2O2. The van der Waals surface area contributed by atoms with Gasteiger partial charge < -0.3 is 9.63 Å². The molecule has 1 aromatic heterocycles. The van der Waals surface area contributed by atoms with Crippen molar-refractivity contribution < 1.29 is 9.63 Å². The molecule has 102 valence electrons. The molecule has 0 saturated heterocycles. The van der Waals surface area contributed by atoms with E-state index in [-0.39, 0.29) is 6.10 Å². The molecule has 4 heteroatoms. The predicted octanol–water partition coefficient (Wildman–Crippen LogP) is 2.56. The molecule has 1 unspecified atom stereocenters. The lowest BCUT2D eigenvalue weighted by Gasteiger charge is -2.03. The lowest BCUT2D eigenvalue weighted by molar-refractivity contribution is 0.151. The van der Waals surface area contributed by atoms with E-state index in [9.17, 15) is 5.11 Å². The maximum absolute atomic E-state index is 9.69. The highest BCUT2D eigenvalue weighted by Gasteiger charge is 2.11. The van der Waals surface area contributed by atoms with Gasteiger partial charge in [-0.15, -0.1) is 0 Å². The second-order valence-electron chi connectivity index (χ2n) is 4.74. The van der Waals surface area contributed by atoms with Gasteiger partial charge in [-0.2, -0.15) is 4.98 Å². The fraction of sp³-hybridized carbons (Fsp3) is 0.467. The van der Waals surface area contributed by atoms with Crippen LogP contribution in [0.4, 0.5) is 0 Å². The molecule has 0 radical (unpaired) electrons. The first-order chi connectivity index (χ1) is 9.28. The summed E-state index contributed by atoms with van der Waals surface area (Å²) in [6.07, 6.45) is 3.45. The minimum Gasteiger partial charge on any atom is -0.393 e. The first-order valence-electron chi connectivity index (χ1n) is 6.81. The zero-order valence-corrected chi connectivity index (χ0v) is 11.2. The zero-order chi connectivity index (χ0) is 13.5. The van der Waals surface area contributed by atoms with E-state index in [4.69, 9.17) is 4.52 Å². The highest BCUT2D eigenvalue weighted by atomic mass is 16.5. The highest BCUT2D eigenvalue weighted by Crippen LogP contribution is 2.08. The van der Waals surface area contributed by atoms with Gasteiger partial charge in [0, 0.05) is 6.42 Å². The Morgan fingerprint density at radius 2 is 2.00 bits per heavy atom. The lowest BCUT2D eigenvalue weighted by atomic mass is 10.1. The van der Waals surface area contributed by atoms with E-state index in [1.807, 2.05) is 25.1 Å². The lowest BCUT2D eigenvalue weighted by Crippen LogP contribution is -2.09. The van der Waals surface area contributed by atoms with Crippen LogP contribution in [0, 0.1) is 0 Å². The van der Waals surface area contributed by atoms with E-state index < -0.39 is 0 Å². The third-order valence-corrected chi connectivity index (χ3v) is 3.02. The van der Waals surface area contributed by atoms with Crippen LogP contribution in [0.5, 0.6) is 0 Å². The Bertz CT molecular complexity index is 482. The Labute approximate surface area is 113 Å². The fourth-order valence-electron chi connectivity index (χ4n) is 2.01. The summed E-state index contributed by atoms with van der Waals surface area (Å²) in [4.78, 5) is 4.31. The second kappa shape index (κ2) is 7.04. The molecule has 2 rings (SSSR count). The van der Waals surface area contributed by atoms with E-state index in [2.05, 4.69) is 22.3 Å². The van der Waals surface area contributed by atoms with Gasteiger partial charge in [0.1, 0.15) is 0 Å². The summed E-state index contributed by atoms with van der Waals surface area (Å²) in [7, 11) is 0. The Morgan fingerprint density at radius 1 is 1.21 bits per heavy atom. The number of hydrogen-bond acceptors (Lipinski definition) is 4. The normalized spacial score (nSPS) is 12.5. The number of aromatic nitrogens is 2. The van der Waals surface area contributed by atoms with Crippen LogP contribution < -0.4 is 0 Å². The summed E-state index contributed by atoms with van der Waals surface area (Å²) in [5.41, 5.74) is 1.26. The van der Waals surface area contributed by atoms with Crippen LogP contribution in [0.25, 0.3) is 0 Å². The Morgan fingerprint density at radius 3 is 2.74 bits per heavy atom. The highest BCUT2D eigenvalue weighted by molar-refractivity contribution is 5.15. The quantitative estimate of drug-likeness (QED) is 0.831. The van der Waals surface area contributed by atoms with Gasteiger partial charge in [-0.3, -0.25) is 0 Å². The van der Waals surface area contributed by atoms with Gasteiger partial charge in [0.05, 0.1) is 12.5 Å². The maximum Gasteiger partial charge on any atom is 0.229 e. The molecule has 2 aromatic rings. The van der Waals surface area contributed by atoms with Gasteiger partial charge >= 0.3 is 0 Å². The standard InChI is InChI=1S/C15H20N2O2/c1-2-6-13(18)11-15-16-14(17-19-15)10-9-12-7-4-3-5-8-12/h3-5,7-8,13,18H,2,6,9-11H2,1H3. The van der Waals surface area contributed by atoms with Crippen molar-refractivity contribution in [3.8, 4) is 0 Å². The Balaban J connectivity index is 1.84. The topological polar surface area (TPSA) is 59.2 Å².